The number of ketones is 1. The second-order valence-electron chi connectivity index (χ2n) is 4.91. The molecule has 0 aliphatic carbocycles. The van der Waals surface area contributed by atoms with Crippen LogP contribution in [0.15, 0.2) is 36.4 Å². The maximum atomic E-state index is 12.5. The van der Waals surface area contributed by atoms with Crippen LogP contribution < -0.4 is 11.1 Å². The quantitative estimate of drug-likeness (QED) is 0.661. The number of benzene rings is 2. The molecule has 21 heavy (non-hydrogen) atoms. The summed E-state index contributed by atoms with van der Waals surface area (Å²) >= 11 is 5.94. The van der Waals surface area contributed by atoms with Gasteiger partial charge < -0.3 is 11.1 Å². The molecule has 0 saturated carbocycles. The summed E-state index contributed by atoms with van der Waals surface area (Å²) in [6.45, 7) is 0.625. The molecule has 2 aromatic rings. The van der Waals surface area contributed by atoms with Crippen LogP contribution in [-0.4, -0.2) is 18.2 Å². The van der Waals surface area contributed by atoms with Crippen LogP contribution in [-0.2, 0) is 6.42 Å². The lowest BCUT2D eigenvalue weighted by molar-refractivity contribution is 0.0946. The maximum absolute atomic E-state index is 12.5. The molecular formula is C16H13ClN2O2. The van der Waals surface area contributed by atoms with E-state index < -0.39 is 0 Å². The van der Waals surface area contributed by atoms with Gasteiger partial charge in [0.05, 0.1) is 10.7 Å². The van der Waals surface area contributed by atoms with Gasteiger partial charge in [0.1, 0.15) is 0 Å². The van der Waals surface area contributed by atoms with Gasteiger partial charge in [-0.25, -0.2) is 0 Å². The van der Waals surface area contributed by atoms with Crippen molar-refractivity contribution in [1.29, 1.82) is 0 Å². The zero-order valence-corrected chi connectivity index (χ0v) is 11.9. The zero-order valence-electron chi connectivity index (χ0n) is 11.2. The van der Waals surface area contributed by atoms with Crippen LogP contribution in [0.3, 0.4) is 0 Å². The minimum absolute atomic E-state index is 0.148. The van der Waals surface area contributed by atoms with Gasteiger partial charge in [-0.2, -0.15) is 0 Å². The van der Waals surface area contributed by atoms with Gasteiger partial charge in [-0.05, 0) is 30.2 Å². The molecule has 3 rings (SSSR count). The van der Waals surface area contributed by atoms with Gasteiger partial charge in [0.15, 0.2) is 5.78 Å². The third-order valence-corrected chi connectivity index (χ3v) is 3.92. The van der Waals surface area contributed by atoms with Gasteiger partial charge in [-0.1, -0.05) is 29.8 Å². The molecule has 0 aromatic heterocycles. The van der Waals surface area contributed by atoms with Crippen molar-refractivity contribution in [3.63, 3.8) is 0 Å². The van der Waals surface area contributed by atoms with Crippen LogP contribution in [0.4, 0.5) is 5.69 Å². The molecule has 0 atom stereocenters. The average Bonchev–Trinajstić information content (AvgIpc) is 2.49. The molecule has 106 valence electrons. The number of rotatable bonds is 2. The van der Waals surface area contributed by atoms with E-state index in [4.69, 9.17) is 17.3 Å². The number of amides is 1. The van der Waals surface area contributed by atoms with Gasteiger partial charge in [0, 0.05) is 23.2 Å². The Bertz CT molecular complexity index is 756. The maximum Gasteiger partial charge on any atom is 0.251 e. The fourth-order valence-corrected chi connectivity index (χ4v) is 2.62. The summed E-state index contributed by atoms with van der Waals surface area (Å²) in [4.78, 5) is 24.4. The van der Waals surface area contributed by atoms with Crippen LogP contribution >= 0.6 is 11.6 Å². The molecule has 1 heterocycles. The number of halogens is 1. The van der Waals surface area contributed by atoms with Gasteiger partial charge in [0.25, 0.3) is 5.91 Å². The first-order chi connectivity index (χ1) is 10.1. The smallest absolute Gasteiger partial charge is 0.251 e. The Labute approximate surface area is 126 Å². The van der Waals surface area contributed by atoms with Crippen molar-refractivity contribution in [2.75, 3.05) is 12.3 Å². The molecule has 1 aliphatic heterocycles. The van der Waals surface area contributed by atoms with E-state index in [1.807, 2.05) is 6.07 Å². The van der Waals surface area contributed by atoms with E-state index in [0.29, 0.717) is 28.3 Å². The molecule has 3 N–H and O–H groups in total. The lowest BCUT2D eigenvalue weighted by Gasteiger charge is -2.17. The third-order valence-electron chi connectivity index (χ3n) is 3.59. The lowest BCUT2D eigenvalue weighted by atomic mass is 9.94. The van der Waals surface area contributed by atoms with Crippen molar-refractivity contribution in [3.05, 3.63) is 63.7 Å². The molecule has 0 spiro atoms. The van der Waals surface area contributed by atoms with Crippen LogP contribution in [0.1, 0.15) is 31.8 Å². The third kappa shape index (κ3) is 2.38. The molecule has 0 saturated heterocycles. The summed E-state index contributed by atoms with van der Waals surface area (Å²) < 4.78 is 0. The van der Waals surface area contributed by atoms with E-state index in [9.17, 15) is 9.59 Å². The summed E-state index contributed by atoms with van der Waals surface area (Å²) in [6.07, 6.45) is 0.773. The van der Waals surface area contributed by atoms with Crippen molar-refractivity contribution in [3.8, 4) is 0 Å². The highest BCUT2D eigenvalue weighted by Crippen LogP contribution is 2.26. The molecule has 0 radical (unpaired) electrons. The number of nitrogen functional groups attached to an aromatic ring is 1. The minimum Gasteiger partial charge on any atom is -0.397 e. The summed E-state index contributed by atoms with van der Waals surface area (Å²) in [6, 6.07) is 10.1. The first kappa shape index (κ1) is 13.6. The van der Waals surface area contributed by atoms with E-state index >= 15 is 0 Å². The molecular weight excluding hydrogens is 288 g/mol. The van der Waals surface area contributed by atoms with Gasteiger partial charge in [-0.3, -0.25) is 9.59 Å². The van der Waals surface area contributed by atoms with Gasteiger partial charge in [-0.15, -0.1) is 0 Å². The Morgan fingerprint density at radius 3 is 2.86 bits per heavy atom. The Hall–Kier alpha value is -2.33. The molecule has 5 heteroatoms. The molecule has 1 amide bonds. The summed E-state index contributed by atoms with van der Waals surface area (Å²) in [5, 5.41) is 3.11. The standard InChI is InChI=1S/C16H13ClN2O2/c17-13-3-1-2-11(14(13)18)15(20)10-5-4-9-6-7-19-16(21)12(9)8-10/h1-5,8H,6-7,18H2,(H,19,21). The molecule has 0 unspecified atom stereocenters. The first-order valence-electron chi connectivity index (χ1n) is 6.58. The predicted octanol–water partition coefficient (Wildman–Crippen LogP) is 2.44. The first-order valence-corrected chi connectivity index (χ1v) is 6.95. The van der Waals surface area contributed by atoms with Crippen molar-refractivity contribution >= 4 is 29.0 Å². The molecule has 2 aromatic carbocycles. The van der Waals surface area contributed by atoms with Crippen LogP contribution in [0.2, 0.25) is 5.02 Å². The van der Waals surface area contributed by atoms with E-state index in [0.717, 1.165) is 12.0 Å². The molecule has 0 bridgehead atoms. The Morgan fingerprint density at radius 2 is 2.05 bits per heavy atom. The summed E-state index contributed by atoms with van der Waals surface area (Å²) in [5.41, 5.74) is 8.39. The number of nitrogens with one attached hydrogen (secondary N) is 1. The predicted molar refractivity (Wildman–Crippen MR) is 81.8 cm³/mol. The molecule has 0 fully saturated rings. The number of carbonyl (C=O) groups is 2. The van der Waals surface area contributed by atoms with Gasteiger partial charge in [0.2, 0.25) is 0 Å². The second kappa shape index (κ2) is 5.22. The monoisotopic (exact) mass is 300 g/mol. The number of para-hydroxylation sites is 1. The minimum atomic E-state index is -0.240. The van der Waals surface area contributed by atoms with Crippen molar-refractivity contribution < 1.29 is 9.59 Å². The van der Waals surface area contributed by atoms with Crippen molar-refractivity contribution in [1.82, 2.24) is 5.32 Å². The van der Waals surface area contributed by atoms with Gasteiger partial charge >= 0.3 is 0 Å². The SMILES string of the molecule is Nc1c(Cl)cccc1C(=O)c1ccc2c(c1)C(=O)NCC2. The fraction of sp³-hybridized carbons (Fsp3) is 0.125. The highest BCUT2D eigenvalue weighted by atomic mass is 35.5. The van der Waals surface area contributed by atoms with E-state index in [2.05, 4.69) is 5.32 Å². The summed E-state index contributed by atoms with van der Waals surface area (Å²) in [7, 11) is 0. The van der Waals surface area contributed by atoms with E-state index in [-0.39, 0.29) is 17.4 Å². The highest BCUT2D eigenvalue weighted by Gasteiger charge is 2.20. The van der Waals surface area contributed by atoms with Crippen LogP contribution in [0.5, 0.6) is 0 Å². The normalized spacial score (nSPS) is 13.5. The number of fused-ring (bicyclic) bond motifs is 1. The molecule has 1 aliphatic rings. The Kier molecular flexibility index (Phi) is 3.39. The average molecular weight is 301 g/mol. The number of nitrogens with two attached hydrogens (primary N) is 1. The second-order valence-corrected chi connectivity index (χ2v) is 5.32. The number of anilines is 1. The zero-order chi connectivity index (χ0) is 15.0. The van der Waals surface area contributed by atoms with Crippen molar-refractivity contribution in [2.45, 2.75) is 6.42 Å². The van der Waals surface area contributed by atoms with Crippen molar-refractivity contribution in [2.24, 2.45) is 0 Å². The van der Waals surface area contributed by atoms with E-state index in [1.54, 1.807) is 30.3 Å². The molecule has 4 nitrogen and oxygen atoms in total. The van der Waals surface area contributed by atoms with Crippen LogP contribution in [0.25, 0.3) is 0 Å². The fourth-order valence-electron chi connectivity index (χ4n) is 2.44. The number of hydrogen-bond acceptors (Lipinski definition) is 3. The number of carbonyl (C=O) groups excluding carboxylic acids is 2. The highest BCUT2D eigenvalue weighted by molar-refractivity contribution is 6.34. The largest absolute Gasteiger partial charge is 0.397 e. The summed E-state index contributed by atoms with van der Waals surface area (Å²) in [5.74, 6) is -0.388. The lowest BCUT2D eigenvalue weighted by Crippen LogP contribution is -2.32. The topological polar surface area (TPSA) is 72.2 Å². The van der Waals surface area contributed by atoms with Crippen LogP contribution in [0, 0.1) is 0 Å². The Balaban J connectivity index is 2.05. The Morgan fingerprint density at radius 1 is 1.24 bits per heavy atom. The number of hydrogen-bond donors (Lipinski definition) is 2. The van der Waals surface area contributed by atoms with E-state index in [1.165, 1.54) is 0 Å².